The monoisotopic (exact) mass is 945 g/mol. The molecule has 0 saturated carbocycles. The molecule has 0 aliphatic heterocycles. The molecule has 4 aromatic rings. The Balaban J connectivity index is 1.58. The molecule has 2 aromatic heterocycles. The number of hydrogen-bond donors (Lipinski definition) is 15. The van der Waals surface area contributed by atoms with Gasteiger partial charge in [0.2, 0.25) is 35.4 Å². The number of aliphatic carboxylic acids is 2. The molecule has 68 heavy (non-hydrogen) atoms. The van der Waals surface area contributed by atoms with Crippen molar-refractivity contribution in [3.63, 3.8) is 0 Å². The number of phenolic OH excluding ortho intramolecular Hbond substituents is 1. The van der Waals surface area contributed by atoms with Gasteiger partial charge in [0, 0.05) is 55.5 Å². The maximum absolute atomic E-state index is 14.5. The second-order valence-electron chi connectivity index (χ2n) is 16.3. The van der Waals surface area contributed by atoms with Gasteiger partial charge in [-0.25, -0.2) is 9.78 Å². The van der Waals surface area contributed by atoms with E-state index >= 15 is 0 Å². The molecule has 0 radical (unpaired) electrons. The number of aromatic nitrogens is 3. The SMILES string of the molecule is CC(C)[C@H](NC(=O)[C@H](Cc1c[nH]cn1)NC(=O)[C@@H](N)CCCNC(=N)N)C(=O)N[C@@H](Cc1c[nH]c2ccccc12)C(=O)N[C@@H](Cc1ccc(O)cc1)C(=O)NCC(=O)N[C@@H](CCC(=O)O)C(=O)O. The van der Waals surface area contributed by atoms with Crippen molar-refractivity contribution in [3.05, 3.63) is 84.1 Å². The van der Waals surface area contributed by atoms with Crippen LogP contribution in [0.3, 0.4) is 0 Å². The number of carbonyl (C=O) groups is 8. The minimum Gasteiger partial charge on any atom is -0.508 e. The van der Waals surface area contributed by atoms with E-state index in [0.717, 1.165) is 10.9 Å². The fourth-order valence-corrected chi connectivity index (χ4v) is 6.97. The van der Waals surface area contributed by atoms with Crippen LogP contribution in [0.2, 0.25) is 0 Å². The highest BCUT2D eigenvalue weighted by Crippen LogP contribution is 2.20. The molecule has 2 aromatic carbocycles. The zero-order chi connectivity index (χ0) is 49.9. The van der Waals surface area contributed by atoms with Gasteiger partial charge >= 0.3 is 11.9 Å². The van der Waals surface area contributed by atoms with Crippen molar-refractivity contribution in [2.45, 2.75) is 95.0 Å². The fourth-order valence-electron chi connectivity index (χ4n) is 6.97. The molecule has 2 heterocycles. The van der Waals surface area contributed by atoms with Crippen LogP contribution >= 0.6 is 0 Å². The van der Waals surface area contributed by atoms with Gasteiger partial charge in [-0.1, -0.05) is 44.2 Å². The number of nitrogens with two attached hydrogens (primary N) is 2. The number of nitrogens with one attached hydrogen (secondary N) is 10. The number of carboxylic acid groups (broad SMARTS) is 2. The molecule has 0 aliphatic rings. The van der Waals surface area contributed by atoms with Crippen molar-refractivity contribution in [1.29, 1.82) is 5.41 Å². The number of aromatic hydroxyl groups is 1. The molecular weight excluding hydrogens is 887 g/mol. The van der Waals surface area contributed by atoms with Gasteiger partial charge in [-0.15, -0.1) is 0 Å². The predicted molar refractivity (Wildman–Crippen MR) is 245 cm³/mol. The van der Waals surface area contributed by atoms with Gasteiger partial charge in [0.1, 0.15) is 36.0 Å². The molecule has 6 amide bonds. The molecule has 0 saturated heterocycles. The Labute approximate surface area is 390 Å². The van der Waals surface area contributed by atoms with Crippen molar-refractivity contribution < 1.29 is 53.7 Å². The molecule has 0 unspecified atom stereocenters. The predicted octanol–water partition coefficient (Wildman–Crippen LogP) is -1.64. The van der Waals surface area contributed by atoms with Crippen molar-refractivity contribution in [2.75, 3.05) is 13.1 Å². The highest BCUT2D eigenvalue weighted by atomic mass is 16.4. The lowest BCUT2D eigenvalue weighted by molar-refractivity contribution is -0.143. The highest BCUT2D eigenvalue weighted by Gasteiger charge is 2.34. The number of H-pyrrole nitrogens is 2. The minimum atomic E-state index is -1.56. The van der Waals surface area contributed by atoms with Crippen LogP contribution in [-0.4, -0.2) is 133 Å². The number of fused-ring (bicyclic) bond motifs is 1. The van der Waals surface area contributed by atoms with Crippen LogP contribution in [0.5, 0.6) is 5.75 Å². The van der Waals surface area contributed by atoms with Crippen LogP contribution in [0.4, 0.5) is 0 Å². The van der Waals surface area contributed by atoms with Crippen molar-refractivity contribution in [3.8, 4) is 5.75 Å². The average Bonchev–Trinajstić information content (AvgIpc) is 3.97. The van der Waals surface area contributed by atoms with Crippen molar-refractivity contribution in [1.82, 2.24) is 52.2 Å². The van der Waals surface area contributed by atoms with Crippen LogP contribution in [0.15, 0.2) is 67.3 Å². The molecule has 0 aliphatic carbocycles. The molecule has 17 N–H and O–H groups in total. The van der Waals surface area contributed by atoms with Crippen LogP contribution < -0.4 is 48.7 Å². The number of hydrogen-bond acceptors (Lipinski definition) is 12. The number of benzene rings is 2. The molecule has 366 valence electrons. The van der Waals surface area contributed by atoms with Crippen LogP contribution in [0, 0.1) is 11.3 Å². The molecule has 0 bridgehead atoms. The maximum Gasteiger partial charge on any atom is 0.326 e. The molecule has 6 atom stereocenters. The van der Waals surface area contributed by atoms with Gasteiger partial charge in [-0.2, -0.15) is 0 Å². The van der Waals surface area contributed by atoms with Crippen LogP contribution in [0.25, 0.3) is 10.9 Å². The van der Waals surface area contributed by atoms with Gasteiger partial charge in [-0.05, 0) is 54.5 Å². The number of guanidine groups is 1. The van der Waals surface area contributed by atoms with Crippen LogP contribution in [-0.2, 0) is 57.6 Å². The first-order chi connectivity index (χ1) is 32.3. The molecule has 0 fully saturated rings. The highest BCUT2D eigenvalue weighted by molar-refractivity contribution is 5.97. The third-order valence-electron chi connectivity index (χ3n) is 10.6. The van der Waals surface area contributed by atoms with E-state index in [4.69, 9.17) is 22.0 Å². The van der Waals surface area contributed by atoms with E-state index in [1.54, 1.807) is 38.2 Å². The van der Waals surface area contributed by atoms with Gasteiger partial charge in [0.15, 0.2) is 5.96 Å². The smallest absolute Gasteiger partial charge is 0.326 e. The normalized spacial score (nSPS) is 13.7. The molecule has 24 nitrogen and oxygen atoms in total. The van der Waals surface area contributed by atoms with Gasteiger partial charge in [0.25, 0.3) is 0 Å². The standard InChI is InChI=1S/C44H59N13O11/c1-23(2)37(57-41(65)34(18-26-20-48-22-52-26)54-38(62)29(45)7-5-15-49-44(46)47)42(66)56-33(17-25-19-50-30-8-4-3-6-28(25)30)40(64)55-32(16-24-9-11-27(58)12-10-24)39(63)51-21-35(59)53-31(43(67)68)13-14-36(60)61/h3-4,6,8-12,19-20,22-23,29,31-34,37,50,58H,5,7,13-18,21,45H2,1-2H3,(H,48,52)(H,51,63)(H,53,59)(H,54,62)(H,55,64)(H,56,66)(H,57,65)(H,60,61)(H,67,68)(H4,46,47,49)/t29-,31-,32-,33-,34-,37-/m0/s1. The lowest BCUT2D eigenvalue weighted by Gasteiger charge is -2.28. The first-order valence-electron chi connectivity index (χ1n) is 21.7. The third kappa shape index (κ3) is 16.8. The summed E-state index contributed by atoms with van der Waals surface area (Å²) < 4.78 is 0. The summed E-state index contributed by atoms with van der Waals surface area (Å²) in [5.41, 5.74) is 13.7. The maximum atomic E-state index is 14.5. The summed E-state index contributed by atoms with van der Waals surface area (Å²) in [4.78, 5) is 115. The van der Waals surface area contributed by atoms with E-state index < -0.39 is 109 Å². The topological polar surface area (TPSA) is 402 Å². The number of rotatable bonds is 27. The number of nitrogens with zero attached hydrogens (tertiary/aromatic N) is 1. The van der Waals surface area contributed by atoms with E-state index in [2.05, 4.69) is 52.2 Å². The van der Waals surface area contributed by atoms with Crippen molar-refractivity contribution >= 4 is 64.2 Å². The quantitative estimate of drug-likeness (QED) is 0.0181. The summed E-state index contributed by atoms with van der Waals surface area (Å²) in [5, 5.41) is 54.3. The van der Waals surface area contributed by atoms with E-state index in [1.807, 2.05) is 6.07 Å². The summed E-state index contributed by atoms with van der Waals surface area (Å²) in [6.07, 6.45) is 3.79. The first kappa shape index (κ1) is 52.6. The zero-order valence-electron chi connectivity index (χ0n) is 37.5. The fraction of sp³-hybridized carbons (Fsp3) is 0.409. The largest absolute Gasteiger partial charge is 0.508 e. The van der Waals surface area contributed by atoms with E-state index in [9.17, 15) is 48.6 Å². The number of imidazole rings is 1. The van der Waals surface area contributed by atoms with Gasteiger partial charge in [0.05, 0.1) is 24.6 Å². The number of carbonyl (C=O) groups excluding carboxylic acids is 6. The Morgan fingerprint density at radius 1 is 0.735 bits per heavy atom. The van der Waals surface area contributed by atoms with E-state index in [-0.39, 0.29) is 37.4 Å². The number of para-hydroxylation sites is 1. The lowest BCUT2D eigenvalue weighted by atomic mass is 9.99. The summed E-state index contributed by atoms with van der Waals surface area (Å²) in [5.74, 6) is -8.56. The molecular formula is C44H59N13O11. The third-order valence-corrected chi connectivity index (χ3v) is 10.6. The molecule has 24 heteroatoms. The summed E-state index contributed by atoms with van der Waals surface area (Å²) >= 11 is 0. The second-order valence-corrected chi connectivity index (χ2v) is 16.3. The number of carboxylic acids is 2. The van der Waals surface area contributed by atoms with Crippen LogP contribution in [0.1, 0.15) is 56.4 Å². The number of phenols is 1. The summed E-state index contributed by atoms with van der Waals surface area (Å²) in [6.45, 7) is 2.85. The second kappa shape index (κ2) is 25.6. The minimum absolute atomic E-state index is 0.0757. The zero-order valence-corrected chi connectivity index (χ0v) is 37.5. The summed E-state index contributed by atoms with van der Waals surface area (Å²) in [6, 6.07) is 4.96. The Morgan fingerprint density at radius 3 is 2.03 bits per heavy atom. The van der Waals surface area contributed by atoms with E-state index in [0.29, 0.717) is 29.8 Å². The van der Waals surface area contributed by atoms with Gasteiger partial charge < -0.3 is 74.0 Å². The number of aromatic amines is 2. The van der Waals surface area contributed by atoms with Crippen molar-refractivity contribution in [2.24, 2.45) is 17.4 Å². The molecule has 4 rings (SSSR count). The van der Waals surface area contributed by atoms with Gasteiger partial charge in [-0.3, -0.25) is 39.0 Å². The lowest BCUT2D eigenvalue weighted by Crippen LogP contribution is -2.60. The summed E-state index contributed by atoms with van der Waals surface area (Å²) in [7, 11) is 0. The first-order valence-corrected chi connectivity index (χ1v) is 21.7. The average molecular weight is 946 g/mol. The Hall–Kier alpha value is -8.02. The Bertz CT molecular complexity index is 2390. The Kier molecular flexibility index (Phi) is 19.8. The van der Waals surface area contributed by atoms with E-state index in [1.165, 1.54) is 36.8 Å². The Morgan fingerprint density at radius 2 is 1.38 bits per heavy atom. The number of amides is 6. The molecule has 0 spiro atoms.